The largest absolute Gasteiger partial charge is 0.307 e. The molecular weight excluding hydrogens is 264 g/mol. The zero-order valence-corrected chi connectivity index (χ0v) is 13.0. The molecule has 0 saturated heterocycles. The minimum absolute atomic E-state index is 0.0182. The van der Waals surface area contributed by atoms with E-state index in [9.17, 15) is 4.79 Å². The molecule has 5 heteroatoms. The van der Waals surface area contributed by atoms with E-state index < -0.39 is 0 Å². The minimum atomic E-state index is -0.135. The molecule has 0 atom stereocenters. The lowest BCUT2D eigenvalue weighted by molar-refractivity contribution is 0.421. The highest BCUT2D eigenvalue weighted by Gasteiger charge is 2.11. The second-order valence-corrected chi connectivity index (χ2v) is 6.08. The number of rotatable bonds is 4. The molecule has 2 aromatic rings. The van der Waals surface area contributed by atoms with Crippen LogP contribution in [0.25, 0.3) is 11.4 Å². The lowest BCUT2D eigenvalue weighted by atomic mass is 10.1. The summed E-state index contributed by atoms with van der Waals surface area (Å²) in [5.41, 5.74) is 2.59. The molecule has 0 saturated carbocycles. The second-order valence-electron chi connectivity index (χ2n) is 6.08. The summed E-state index contributed by atoms with van der Waals surface area (Å²) in [7, 11) is 0. The number of aryl methyl sites for hydroxylation is 1. The average Bonchev–Trinajstić information content (AvgIpc) is 2.44. The Morgan fingerprint density at radius 3 is 2.76 bits per heavy atom. The molecule has 2 aromatic heterocycles. The third-order valence-electron chi connectivity index (χ3n) is 3.13. The van der Waals surface area contributed by atoms with Crippen LogP contribution in [0.3, 0.4) is 0 Å². The van der Waals surface area contributed by atoms with Crippen LogP contribution in [0.5, 0.6) is 0 Å². The fraction of sp³-hybridized carbons (Fsp3) is 0.438. The van der Waals surface area contributed by atoms with E-state index in [4.69, 9.17) is 0 Å². The van der Waals surface area contributed by atoms with E-state index in [1.165, 1.54) is 6.07 Å². The Morgan fingerprint density at radius 2 is 2.10 bits per heavy atom. The Balaban J connectivity index is 2.37. The first-order valence-electron chi connectivity index (χ1n) is 7.17. The number of aromatic amines is 1. The molecule has 0 amide bonds. The molecule has 0 spiro atoms. The summed E-state index contributed by atoms with van der Waals surface area (Å²) in [5, 5.41) is 3.35. The van der Waals surface area contributed by atoms with Gasteiger partial charge in [-0.05, 0) is 38.8 Å². The van der Waals surface area contributed by atoms with Crippen molar-refractivity contribution in [2.75, 3.05) is 0 Å². The quantitative estimate of drug-likeness (QED) is 0.904. The lowest BCUT2D eigenvalue weighted by Gasteiger charge is -2.20. The predicted molar refractivity (Wildman–Crippen MR) is 84.1 cm³/mol. The van der Waals surface area contributed by atoms with Crippen molar-refractivity contribution in [1.29, 1.82) is 0 Å². The summed E-state index contributed by atoms with van der Waals surface area (Å²) in [4.78, 5) is 23.4. The van der Waals surface area contributed by atoms with E-state index in [1.807, 2.05) is 12.3 Å². The van der Waals surface area contributed by atoms with Crippen molar-refractivity contribution in [3.05, 3.63) is 46.1 Å². The number of hydrogen-bond donors (Lipinski definition) is 2. The molecule has 112 valence electrons. The standard InChI is InChI=1S/C16H22N4O/c1-5-11-9-17-7-6-13(11)15-19-12(8-14(21)20-15)10-18-16(2,3)4/h6-9,18H,5,10H2,1-4H3,(H,19,20,21). The Labute approximate surface area is 124 Å². The first-order valence-corrected chi connectivity index (χ1v) is 7.17. The van der Waals surface area contributed by atoms with E-state index in [2.05, 4.69) is 48.0 Å². The molecule has 0 fully saturated rings. The normalized spacial score (nSPS) is 11.6. The molecule has 0 aromatic carbocycles. The van der Waals surface area contributed by atoms with Crippen LogP contribution >= 0.6 is 0 Å². The average molecular weight is 286 g/mol. The number of pyridine rings is 1. The molecule has 0 unspecified atom stereocenters. The molecule has 0 aliphatic carbocycles. The molecule has 0 bridgehead atoms. The minimum Gasteiger partial charge on any atom is -0.307 e. The Hall–Kier alpha value is -2.01. The zero-order chi connectivity index (χ0) is 15.5. The SMILES string of the molecule is CCc1cnccc1-c1nc(CNC(C)(C)C)cc(=O)[nH]1. The zero-order valence-electron chi connectivity index (χ0n) is 13.0. The molecule has 0 aliphatic rings. The van der Waals surface area contributed by atoms with Crippen LogP contribution in [0.1, 0.15) is 39.0 Å². The van der Waals surface area contributed by atoms with Crippen LogP contribution in [0.15, 0.2) is 29.3 Å². The molecule has 5 nitrogen and oxygen atoms in total. The van der Waals surface area contributed by atoms with Gasteiger partial charge in [0.05, 0.1) is 5.69 Å². The highest BCUT2D eigenvalue weighted by molar-refractivity contribution is 5.59. The van der Waals surface area contributed by atoms with Gasteiger partial charge in [0.2, 0.25) is 0 Å². The van der Waals surface area contributed by atoms with Gasteiger partial charge in [-0.3, -0.25) is 9.78 Å². The van der Waals surface area contributed by atoms with E-state index in [0.717, 1.165) is 23.2 Å². The first-order chi connectivity index (χ1) is 9.89. The highest BCUT2D eigenvalue weighted by Crippen LogP contribution is 2.18. The second kappa shape index (κ2) is 6.18. The van der Waals surface area contributed by atoms with Crippen LogP contribution in [-0.4, -0.2) is 20.5 Å². The molecule has 2 N–H and O–H groups in total. The summed E-state index contributed by atoms with van der Waals surface area (Å²) in [5.74, 6) is 0.604. The van der Waals surface area contributed by atoms with Crippen molar-refractivity contribution in [2.45, 2.75) is 46.2 Å². The number of nitrogens with zero attached hydrogens (tertiary/aromatic N) is 2. The van der Waals surface area contributed by atoms with Gasteiger partial charge in [-0.1, -0.05) is 6.92 Å². The number of nitrogens with one attached hydrogen (secondary N) is 2. The maximum Gasteiger partial charge on any atom is 0.251 e. The van der Waals surface area contributed by atoms with E-state index in [-0.39, 0.29) is 11.1 Å². The smallest absolute Gasteiger partial charge is 0.251 e. The van der Waals surface area contributed by atoms with Crippen molar-refractivity contribution in [1.82, 2.24) is 20.3 Å². The monoisotopic (exact) mass is 286 g/mol. The number of H-pyrrole nitrogens is 1. The Bertz CT molecular complexity index is 670. The maximum atomic E-state index is 11.9. The maximum absolute atomic E-state index is 11.9. The topological polar surface area (TPSA) is 70.7 Å². The van der Waals surface area contributed by atoms with Crippen LogP contribution in [0.2, 0.25) is 0 Å². The fourth-order valence-corrected chi connectivity index (χ4v) is 2.02. The number of hydrogen-bond acceptors (Lipinski definition) is 4. The summed E-state index contributed by atoms with van der Waals surface area (Å²) in [6.07, 6.45) is 4.38. The van der Waals surface area contributed by atoms with E-state index in [1.54, 1.807) is 6.20 Å². The first kappa shape index (κ1) is 15.4. The van der Waals surface area contributed by atoms with Gasteiger partial charge in [0.1, 0.15) is 5.82 Å². The van der Waals surface area contributed by atoms with Gasteiger partial charge in [-0.15, -0.1) is 0 Å². The Morgan fingerprint density at radius 1 is 1.33 bits per heavy atom. The summed E-state index contributed by atoms with van der Waals surface area (Å²) >= 11 is 0. The van der Waals surface area contributed by atoms with Gasteiger partial charge >= 0.3 is 0 Å². The van der Waals surface area contributed by atoms with Crippen LogP contribution in [0.4, 0.5) is 0 Å². The molecule has 0 radical (unpaired) electrons. The Kier molecular flexibility index (Phi) is 4.53. The highest BCUT2D eigenvalue weighted by atomic mass is 16.1. The third kappa shape index (κ3) is 4.23. The van der Waals surface area contributed by atoms with Gasteiger partial charge in [0.25, 0.3) is 5.56 Å². The van der Waals surface area contributed by atoms with Crippen LogP contribution in [-0.2, 0) is 13.0 Å². The lowest BCUT2D eigenvalue weighted by Crippen LogP contribution is -2.35. The van der Waals surface area contributed by atoms with Crippen molar-refractivity contribution < 1.29 is 0 Å². The molecular formula is C16H22N4O. The predicted octanol–water partition coefficient (Wildman–Crippen LogP) is 2.28. The van der Waals surface area contributed by atoms with E-state index >= 15 is 0 Å². The summed E-state index contributed by atoms with van der Waals surface area (Å²) < 4.78 is 0. The van der Waals surface area contributed by atoms with Crippen molar-refractivity contribution >= 4 is 0 Å². The van der Waals surface area contributed by atoms with E-state index in [0.29, 0.717) is 12.4 Å². The molecule has 2 rings (SSSR count). The number of aromatic nitrogens is 3. The van der Waals surface area contributed by atoms with Crippen molar-refractivity contribution in [3.8, 4) is 11.4 Å². The molecule has 21 heavy (non-hydrogen) atoms. The van der Waals surface area contributed by atoms with Gasteiger partial charge in [0, 0.05) is 36.1 Å². The summed E-state index contributed by atoms with van der Waals surface area (Å²) in [6.45, 7) is 8.87. The van der Waals surface area contributed by atoms with Crippen LogP contribution in [0, 0.1) is 0 Å². The summed E-state index contributed by atoms with van der Waals surface area (Å²) in [6, 6.07) is 3.42. The van der Waals surface area contributed by atoms with Crippen molar-refractivity contribution in [2.24, 2.45) is 0 Å². The third-order valence-corrected chi connectivity index (χ3v) is 3.13. The van der Waals surface area contributed by atoms with Crippen LogP contribution < -0.4 is 10.9 Å². The van der Waals surface area contributed by atoms with Gasteiger partial charge in [-0.2, -0.15) is 0 Å². The van der Waals surface area contributed by atoms with Gasteiger partial charge in [-0.25, -0.2) is 4.98 Å². The molecule has 0 aliphatic heterocycles. The molecule has 2 heterocycles. The fourth-order valence-electron chi connectivity index (χ4n) is 2.02. The van der Waals surface area contributed by atoms with Gasteiger partial charge < -0.3 is 10.3 Å². The van der Waals surface area contributed by atoms with Gasteiger partial charge in [0.15, 0.2) is 0 Å². The van der Waals surface area contributed by atoms with Crippen molar-refractivity contribution in [3.63, 3.8) is 0 Å².